The quantitative estimate of drug-likeness (QED) is 0.340. The summed E-state index contributed by atoms with van der Waals surface area (Å²) < 4.78 is 81.0. The number of hydrogen-bond donors (Lipinski definition) is 3. The van der Waals surface area contributed by atoms with Crippen LogP contribution >= 0.6 is 11.6 Å². The fraction of sp³-hybridized carbons (Fsp3) is 0.150. The average molecular weight is 507 g/mol. The molecule has 0 amide bonds. The molecule has 0 aliphatic carbocycles. The molecule has 0 saturated heterocycles. The molecule has 34 heavy (non-hydrogen) atoms. The maximum atomic E-state index is 13.2. The molecule has 0 bridgehead atoms. The molecule has 180 valence electrons. The molecule has 0 atom stereocenters. The number of carboxylic acids is 1. The number of nitrogens with zero attached hydrogens (tertiary/aromatic N) is 2. The highest BCUT2D eigenvalue weighted by Gasteiger charge is 2.33. The van der Waals surface area contributed by atoms with Gasteiger partial charge in [0.05, 0.1) is 16.3 Å². The maximum Gasteiger partial charge on any atom is 0.573 e. The first-order valence-electron chi connectivity index (χ1n) is 9.15. The second-order valence-electron chi connectivity index (χ2n) is 6.60. The van der Waals surface area contributed by atoms with Crippen LogP contribution in [0.2, 0.25) is 5.02 Å². The van der Waals surface area contributed by atoms with Gasteiger partial charge in [-0.1, -0.05) is 23.7 Å². The topological polar surface area (TPSA) is 96.4 Å². The van der Waals surface area contributed by atoms with Crippen molar-refractivity contribution in [3.8, 4) is 17.0 Å². The molecule has 0 saturated carbocycles. The highest BCUT2D eigenvalue weighted by atomic mass is 35.5. The minimum absolute atomic E-state index is 0.0306. The Bertz CT molecular complexity index is 1200. The van der Waals surface area contributed by atoms with E-state index < -0.39 is 41.4 Å². The molecule has 1 heterocycles. The van der Waals surface area contributed by atoms with Crippen LogP contribution in [0.15, 0.2) is 48.5 Å². The van der Waals surface area contributed by atoms with Crippen molar-refractivity contribution in [1.29, 1.82) is 0 Å². The zero-order valence-corrected chi connectivity index (χ0v) is 17.4. The summed E-state index contributed by atoms with van der Waals surface area (Å²) in [6.45, 7) is -0.598. The average Bonchev–Trinajstić information content (AvgIpc) is 2.72. The molecule has 7 nitrogen and oxygen atoms in total. The number of ether oxygens (including phenoxy) is 1. The van der Waals surface area contributed by atoms with Crippen molar-refractivity contribution < 1.29 is 41.0 Å². The van der Waals surface area contributed by atoms with Gasteiger partial charge in [0, 0.05) is 17.3 Å². The van der Waals surface area contributed by atoms with Crippen molar-refractivity contribution in [2.75, 3.05) is 17.2 Å². The molecule has 3 rings (SSSR count). The Hall–Kier alpha value is -3.74. The van der Waals surface area contributed by atoms with Gasteiger partial charge in [-0.05, 0) is 30.3 Å². The van der Waals surface area contributed by atoms with E-state index in [1.807, 2.05) is 0 Å². The van der Waals surface area contributed by atoms with Crippen molar-refractivity contribution in [2.45, 2.75) is 12.5 Å². The fourth-order valence-corrected chi connectivity index (χ4v) is 2.94. The lowest BCUT2D eigenvalue weighted by atomic mass is 10.1. The van der Waals surface area contributed by atoms with Crippen molar-refractivity contribution in [3.63, 3.8) is 0 Å². The zero-order valence-electron chi connectivity index (χ0n) is 16.6. The van der Waals surface area contributed by atoms with E-state index in [0.29, 0.717) is 0 Å². The maximum absolute atomic E-state index is 13.2. The Morgan fingerprint density at radius 3 is 2.41 bits per heavy atom. The summed E-state index contributed by atoms with van der Waals surface area (Å²) in [7, 11) is 0. The predicted molar refractivity (Wildman–Crippen MR) is 110 cm³/mol. The van der Waals surface area contributed by atoms with Gasteiger partial charge < -0.3 is 20.5 Å². The van der Waals surface area contributed by atoms with Gasteiger partial charge in [0.1, 0.15) is 18.1 Å². The summed E-state index contributed by atoms with van der Waals surface area (Å²) in [5, 5.41) is 13.4. The smallest absolute Gasteiger partial charge is 0.480 e. The number of alkyl halides is 6. The number of halogens is 7. The standard InChI is InChI=1S/C20H13ClF6N4O3/c21-14-5-4-11(7-13(14)19(22,23)24)29-16-8-15(30-18(31-16)28-9-17(32)33)10-2-1-3-12(6-10)34-20(25,26)27/h1-8H,9H2,(H,32,33)(H2,28,29,30,31). The van der Waals surface area contributed by atoms with Crippen LogP contribution in [0.25, 0.3) is 11.3 Å². The summed E-state index contributed by atoms with van der Waals surface area (Å²) in [4.78, 5) is 18.9. The van der Waals surface area contributed by atoms with E-state index in [9.17, 15) is 31.1 Å². The number of hydrogen-bond acceptors (Lipinski definition) is 6. The molecule has 1 aromatic heterocycles. The van der Waals surface area contributed by atoms with Gasteiger partial charge in [-0.15, -0.1) is 13.2 Å². The highest BCUT2D eigenvalue weighted by molar-refractivity contribution is 6.31. The largest absolute Gasteiger partial charge is 0.573 e. The molecule has 0 aliphatic heterocycles. The molecular formula is C20H13ClF6N4O3. The third-order valence-corrected chi connectivity index (χ3v) is 4.36. The van der Waals surface area contributed by atoms with E-state index in [1.165, 1.54) is 24.3 Å². The Labute approximate surface area is 192 Å². The van der Waals surface area contributed by atoms with Gasteiger partial charge in [0.25, 0.3) is 0 Å². The Morgan fingerprint density at radius 1 is 1.03 bits per heavy atom. The van der Waals surface area contributed by atoms with Crippen LogP contribution in [-0.4, -0.2) is 34.0 Å². The minimum Gasteiger partial charge on any atom is -0.480 e. The molecule has 0 radical (unpaired) electrons. The predicted octanol–water partition coefficient (Wildman–Crippen LogP) is 5.95. The first-order chi connectivity index (χ1) is 15.8. The van der Waals surface area contributed by atoms with Gasteiger partial charge in [-0.3, -0.25) is 4.79 Å². The Kier molecular flexibility index (Phi) is 7.05. The third kappa shape index (κ3) is 6.88. The first-order valence-corrected chi connectivity index (χ1v) is 9.53. The summed E-state index contributed by atoms with van der Waals surface area (Å²) in [6, 6.07) is 9.04. The molecular weight excluding hydrogens is 494 g/mol. The minimum atomic E-state index is -4.93. The number of benzene rings is 2. The normalized spacial score (nSPS) is 11.7. The third-order valence-electron chi connectivity index (χ3n) is 4.03. The number of nitrogens with one attached hydrogen (secondary N) is 2. The number of aliphatic carboxylic acids is 1. The van der Waals surface area contributed by atoms with Gasteiger partial charge in [-0.25, -0.2) is 4.98 Å². The van der Waals surface area contributed by atoms with E-state index >= 15 is 0 Å². The number of rotatable bonds is 7. The molecule has 0 aliphatic rings. The molecule has 14 heteroatoms. The van der Waals surface area contributed by atoms with Crippen molar-refractivity contribution in [2.24, 2.45) is 0 Å². The number of anilines is 3. The van der Waals surface area contributed by atoms with Crippen LogP contribution in [0, 0.1) is 0 Å². The van der Waals surface area contributed by atoms with Crippen LogP contribution in [0.1, 0.15) is 5.56 Å². The Balaban J connectivity index is 2.00. The van der Waals surface area contributed by atoms with Gasteiger partial charge >= 0.3 is 18.5 Å². The number of carboxylic acid groups (broad SMARTS) is 1. The lowest BCUT2D eigenvalue weighted by molar-refractivity contribution is -0.274. The molecule has 3 aromatic rings. The molecule has 2 aromatic carbocycles. The lowest BCUT2D eigenvalue weighted by Gasteiger charge is -2.14. The summed E-state index contributed by atoms with van der Waals surface area (Å²) >= 11 is 5.61. The highest BCUT2D eigenvalue weighted by Crippen LogP contribution is 2.37. The number of carbonyl (C=O) groups is 1. The molecule has 0 fully saturated rings. The second-order valence-corrected chi connectivity index (χ2v) is 7.01. The van der Waals surface area contributed by atoms with E-state index in [0.717, 1.165) is 24.3 Å². The molecule has 3 N–H and O–H groups in total. The van der Waals surface area contributed by atoms with Crippen molar-refractivity contribution in [3.05, 3.63) is 59.1 Å². The summed E-state index contributed by atoms with van der Waals surface area (Å²) in [6.07, 6.45) is -9.66. The Morgan fingerprint density at radius 2 is 1.76 bits per heavy atom. The fourth-order valence-electron chi connectivity index (χ4n) is 2.71. The summed E-state index contributed by atoms with van der Waals surface area (Å²) in [5.41, 5.74) is -0.991. The van der Waals surface area contributed by atoms with Crippen molar-refractivity contribution in [1.82, 2.24) is 9.97 Å². The van der Waals surface area contributed by atoms with Crippen LogP contribution in [0.3, 0.4) is 0 Å². The van der Waals surface area contributed by atoms with Crippen molar-refractivity contribution >= 4 is 35.0 Å². The monoisotopic (exact) mass is 506 g/mol. The molecule has 0 spiro atoms. The van der Waals surface area contributed by atoms with E-state index in [-0.39, 0.29) is 28.7 Å². The zero-order chi connectivity index (χ0) is 25.1. The van der Waals surface area contributed by atoms with Crippen LogP contribution < -0.4 is 15.4 Å². The summed E-state index contributed by atoms with van der Waals surface area (Å²) in [5.74, 6) is -2.10. The van der Waals surface area contributed by atoms with Crippen LogP contribution in [0.4, 0.5) is 43.8 Å². The SMILES string of the molecule is O=C(O)CNc1nc(Nc2ccc(Cl)c(C(F)(F)F)c2)cc(-c2cccc(OC(F)(F)F)c2)n1. The van der Waals surface area contributed by atoms with Crippen LogP contribution in [0.5, 0.6) is 5.75 Å². The van der Waals surface area contributed by atoms with Gasteiger partial charge in [-0.2, -0.15) is 18.2 Å². The van der Waals surface area contributed by atoms with E-state index in [4.69, 9.17) is 16.7 Å². The second kappa shape index (κ2) is 9.63. The molecule has 0 unspecified atom stereocenters. The first kappa shape index (κ1) is 24.9. The van der Waals surface area contributed by atoms with E-state index in [2.05, 4.69) is 25.3 Å². The van der Waals surface area contributed by atoms with Gasteiger partial charge in [0.15, 0.2) is 0 Å². The lowest BCUT2D eigenvalue weighted by Crippen LogP contribution is -2.17. The van der Waals surface area contributed by atoms with Crippen LogP contribution in [-0.2, 0) is 11.0 Å². The van der Waals surface area contributed by atoms with E-state index in [1.54, 1.807) is 0 Å². The number of aromatic nitrogens is 2. The van der Waals surface area contributed by atoms with Gasteiger partial charge in [0.2, 0.25) is 5.95 Å².